The van der Waals surface area contributed by atoms with Crippen LogP contribution in [0, 0.1) is 0 Å². The fourth-order valence-electron chi connectivity index (χ4n) is 2.73. The highest BCUT2D eigenvalue weighted by Crippen LogP contribution is 2.26. The number of nitrogens with one attached hydrogen (secondary N) is 1. The summed E-state index contributed by atoms with van der Waals surface area (Å²) >= 11 is 6.01. The van der Waals surface area contributed by atoms with E-state index in [1.54, 1.807) is 0 Å². The number of nitrogens with zero attached hydrogens (tertiary/aromatic N) is 3. The summed E-state index contributed by atoms with van der Waals surface area (Å²) < 4.78 is 0. The van der Waals surface area contributed by atoms with Crippen LogP contribution in [0.25, 0.3) is 0 Å². The SMILES string of the molecule is CCNc1nc(Cl)nc2c1CN(Cc1ccccc1)CC2. The highest BCUT2D eigenvalue weighted by molar-refractivity contribution is 6.28. The van der Waals surface area contributed by atoms with E-state index in [2.05, 4.69) is 51.4 Å². The van der Waals surface area contributed by atoms with Crippen molar-refractivity contribution in [1.29, 1.82) is 0 Å². The molecule has 1 aromatic carbocycles. The molecule has 0 unspecified atom stereocenters. The molecule has 2 heterocycles. The molecule has 1 aliphatic rings. The van der Waals surface area contributed by atoms with Crippen molar-refractivity contribution in [3.63, 3.8) is 0 Å². The Labute approximate surface area is 130 Å². The zero-order chi connectivity index (χ0) is 14.7. The molecule has 0 saturated carbocycles. The molecular weight excluding hydrogens is 284 g/mol. The van der Waals surface area contributed by atoms with Crippen LogP contribution in [0.3, 0.4) is 0 Å². The predicted molar refractivity (Wildman–Crippen MR) is 85.5 cm³/mol. The summed E-state index contributed by atoms with van der Waals surface area (Å²) in [6.45, 7) is 5.71. The van der Waals surface area contributed by atoms with Gasteiger partial charge in [-0.15, -0.1) is 0 Å². The van der Waals surface area contributed by atoms with Crippen LogP contribution < -0.4 is 5.32 Å². The van der Waals surface area contributed by atoms with Crippen LogP contribution in [0.1, 0.15) is 23.7 Å². The Morgan fingerprint density at radius 1 is 1.24 bits per heavy atom. The van der Waals surface area contributed by atoms with Gasteiger partial charge in [0.25, 0.3) is 0 Å². The van der Waals surface area contributed by atoms with E-state index in [1.807, 2.05) is 6.07 Å². The summed E-state index contributed by atoms with van der Waals surface area (Å²) in [6, 6.07) is 10.5. The Kier molecular flexibility index (Phi) is 4.36. The van der Waals surface area contributed by atoms with E-state index in [-0.39, 0.29) is 0 Å². The van der Waals surface area contributed by atoms with Crippen molar-refractivity contribution in [2.24, 2.45) is 0 Å². The lowest BCUT2D eigenvalue weighted by atomic mass is 10.1. The number of halogens is 1. The van der Waals surface area contributed by atoms with Crippen LogP contribution >= 0.6 is 11.6 Å². The number of hydrogen-bond acceptors (Lipinski definition) is 4. The Bertz CT molecular complexity index is 615. The van der Waals surface area contributed by atoms with E-state index >= 15 is 0 Å². The van der Waals surface area contributed by atoms with Gasteiger partial charge < -0.3 is 5.32 Å². The molecule has 0 bridgehead atoms. The van der Waals surface area contributed by atoms with E-state index < -0.39 is 0 Å². The number of rotatable bonds is 4. The van der Waals surface area contributed by atoms with Gasteiger partial charge in [-0.25, -0.2) is 9.97 Å². The maximum atomic E-state index is 6.01. The van der Waals surface area contributed by atoms with Crippen LogP contribution in [-0.4, -0.2) is 28.0 Å². The lowest BCUT2D eigenvalue weighted by molar-refractivity contribution is 0.243. The van der Waals surface area contributed by atoms with Crippen molar-refractivity contribution in [3.05, 3.63) is 52.4 Å². The molecule has 2 aromatic rings. The van der Waals surface area contributed by atoms with Crippen molar-refractivity contribution in [2.45, 2.75) is 26.4 Å². The van der Waals surface area contributed by atoms with E-state index in [4.69, 9.17) is 11.6 Å². The molecule has 5 heteroatoms. The molecule has 0 aliphatic carbocycles. The fraction of sp³-hybridized carbons (Fsp3) is 0.375. The second kappa shape index (κ2) is 6.41. The molecule has 0 saturated heterocycles. The maximum Gasteiger partial charge on any atom is 0.224 e. The Morgan fingerprint density at radius 3 is 2.81 bits per heavy atom. The lowest BCUT2D eigenvalue weighted by Gasteiger charge is -2.29. The number of aromatic nitrogens is 2. The minimum Gasteiger partial charge on any atom is -0.370 e. The summed E-state index contributed by atoms with van der Waals surface area (Å²) in [6.07, 6.45) is 0.919. The molecule has 0 amide bonds. The number of benzene rings is 1. The van der Waals surface area contributed by atoms with Gasteiger partial charge in [-0.05, 0) is 24.1 Å². The quantitative estimate of drug-likeness (QED) is 0.881. The van der Waals surface area contributed by atoms with Gasteiger partial charge in [-0.3, -0.25) is 4.90 Å². The van der Waals surface area contributed by atoms with E-state index in [0.717, 1.165) is 44.1 Å². The molecule has 110 valence electrons. The van der Waals surface area contributed by atoms with Crippen molar-refractivity contribution in [3.8, 4) is 0 Å². The van der Waals surface area contributed by atoms with Crippen LogP contribution in [0.2, 0.25) is 5.28 Å². The van der Waals surface area contributed by atoms with Gasteiger partial charge in [0.1, 0.15) is 5.82 Å². The van der Waals surface area contributed by atoms with Crippen LogP contribution in [0.4, 0.5) is 5.82 Å². The topological polar surface area (TPSA) is 41.1 Å². The molecule has 0 spiro atoms. The molecule has 4 nitrogen and oxygen atoms in total. The first-order valence-electron chi connectivity index (χ1n) is 7.31. The van der Waals surface area contributed by atoms with Gasteiger partial charge in [0, 0.05) is 38.2 Å². The molecule has 0 radical (unpaired) electrons. The van der Waals surface area contributed by atoms with Gasteiger partial charge in [-0.1, -0.05) is 30.3 Å². The molecule has 1 aliphatic heterocycles. The molecule has 3 rings (SSSR count). The highest BCUT2D eigenvalue weighted by Gasteiger charge is 2.22. The predicted octanol–water partition coefficient (Wildman–Crippen LogP) is 3.12. The normalized spacial score (nSPS) is 14.8. The smallest absolute Gasteiger partial charge is 0.224 e. The largest absolute Gasteiger partial charge is 0.370 e. The van der Waals surface area contributed by atoms with Gasteiger partial charge in [0.05, 0.1) is 5.69 Å². The second-order valence-corrected chi connectivity index (χ2v) is 5.58. The Hall–Kier alpha value is -1.65. The summed E-state index contributed by atoms with van der Waals surface area (Å²) in [5.41, 5.74) is 3.60. The third kappa shape index (κ3) is 3.34. The fourth-order valence-corrected chi connectivity index (χ4v) is 2.92. The maximum absolute atomic E-state index is 6.01. The van der Waals surface area contributed by atoms with Gasteiger partial charge in [-0.2, -0.15) is 0 Å². The van der Waals surface area contributed by atoms with Crippen LogP contribution in [-0.2, 0) is 19.5 Å². The number of fused-ring (bicyclic) bond motifs is 1. The lowest BCUT2D eigenvalue weighted by Crippen LogP contribution is -2.31. The average Bonchev–Trinajstić information content (AvgIpc) is 2.49. The Morgan fingerprint density at radius 2 is 2.05 bits per heavy atom. The van der Waals surface area contributed by atoms with Crippen molar-refractivity contribution in [2.75, 3.05) is 18.4 Å². The van der Waals surface area contributed by atoms with Gasteiger partial charge in [0.2, 0.25) is 5.28 Å². The summed E-state index contributed by atoms with van der Waals surface area (Å²) in [4.78, 5) is 11.1. The van der Waals surface area contributed by atoms with Gasteiger partial charge >= 0.3 is 0 Å². The zero-order valence-electron chi connectivity index (χ0n) is 12.1. The minimum atomic E-state index is 0.334. The van der Waals surface area contributed by atoms with Gasteiger partial charge in [0.15, 0.2) is 0 Å². The van der Waals surface area contributed by atoms with Crippen molar-refractivity contribution in [1.82, 2.24) is 14.9 Å². The summed E-state index contributed by atoms with van der Waals surface area (Å²) in [7, 11) is 0. The average molecular weight is 303 g/mol. The van der Waals surface area contributed by atoms with E-state index in [9.17, 15) is 0 Å². The molecule has 1 aromatic heterocycles. The number of anilines is 1. The second-order valence-electron chi connectivity index (χ2n) is 5.24. The standard InChI is InChI=1S/C16H19ClN4/c1-2-18-15-13-11-21(10-12-6-4-3-5-7-12)9-8-14(13)19-16(17)20-15/h3-7H,2,8-11H2,1H3,(H,18,19,20). The molecule has 21 heavy (non-hydrogen) atoms. The van der Waals surface area contributed by atoms with Crippen LogP contribution in [0.15, 0.2) is 30.3 Å². The first kappa shape index (κ1) is 14.3. The molecular formula is C16H19ClN4. The highest BCUT2D eigenvalue weighted by atomic mass is 35.5. The summed E-state index contributed by atoms with van der Waals surface area (Å²) in [5, 5.41) is 3.63. The number of hydrogen-bond donors (Lipinski definition) is 1. The molecule has 0 atom stereocenters. The monoisotopic (exact) mass is 302 g/mol. The minimum absolute atomic E-state index is 0.334. The zero-order valence-corrected chi connectivity index (χ0v) is 12.9. The van der Waals surface area contributed by atoms with Crippen molar-refractivity contribution < 1.29 is 0 Å². The van der Waals surface area contributed by atoms with Crippen LogP contribution in [0.5, 0.6) is 0 Å². The first-order chi connectivity index (χ1) is 10.3. The third-order valence-electron chi connectivity index (χ3n) is 3.71. The first-order valence-corrected chi connectivity index (χ1v) is 7.69. The molecule has 0 fully saturated rings. The van der Waals surface area contributed by atoms with E-state index in [1.165, 1.54) is 11.1 Å². The van der Waals surface area contributed by atoms with Crippen molar-refractivity contribution >= 4 is 17.4 Å². The summed E-state index contributed by atoms with van der Waals surface area (Å²) in [5.74, 6) is 0.880. The Balaban J connectivity index is 1.81. The third-order valence-corrected chi connectivity index (χ3v) is 3.87. The van der Waals surface area contributed by atoms with E-state index in [0.29, 0.717) is 5.28 Å². The molecule has 1 N–H and O–H groups in total.